The molecule has 1 aliphatic heterocycles. The van der Waals surface area contributed by atoms with Crippen molar-refractivity contribution in [3.8, 4) is 0 Å². The maximum Gasteiger partial charge on any atom is 0.224 e. The molecule has 5 heteroatoms. The van der Waals surface area contributed by atoms with Gasteiger partial charge >= 0.3 is 0 Å². The Hall–Kier alpha value is -0.940. The predicted octanol–water partition coefficient (Wildman–Crippen LogP) is 0.764. The standard InChI is InChI=1S/C9H13N3OS/c1-2-12-8(13)3-6(10)9(12)7-4-11-5-14-7/h4-6,9H,2-3,10H2,1H3. The molecule has 2 N–H and O–H groups in total. The van der Waals surface area contributed by atoms with Gasteiger partial charge in [0.15, 0.2) is 0 Å². The van der Waals surface area contributed by atoms with Gasteiger partial charge in [0.25, 0.3) is 0 Å². The van der Waals surface area contributed by atoms with E-state index in [0.717, 1.165) is 11.4 Å². The second-order valence-electron chi connectivity index (χ2n) is 3.40. The average Bonchev–Trinajstić information content (AvgIpc) is 2.72. The predicted molar refractivity (Wildman–Crippen MR) is 54.8 cm³/mol. The lowest BCUT2D eigenvalue weighted by atomic mass is 10.1. The van der Waals surface area contributed by atoms with Crippen LogP contribution in [-0.2, 0) is 4.79 Å². The van der Waals surface area contributed by atoms with E-state index in [1.54, 1.807) is 23.0 Å². The molecule has 4 nitrogen and oxygen atoms in total. The van der Waals surface area contributed by atoms with E-state index in [1.165, 1.54) is 0 Å². The van der Waals surface area contributed by atoms with Crippen molar-refractivity contribution >= 4 is 17.2 Å². The number of likely N-dealkylation sites (tertiary alicyclic amines) is 1. The zero-order valence-corrected chi connectivity index (χ0v) is 8.83. The molecule has 1 amide bonds. The number of amides is 1. The minimum absolute atomic E-state index is 0.0417. The summed E-state index contributed by atoms with van der Waals surface area (Å²) in [6.45, 7) is 2.69. The maximum absolute atomic E-state index is 11.6. The van der Waals surface area contributed by atoms with Crippen LogP contribution in [0.3, 0.4) is 0 Å². The van der Waals surface area contributed by atoms with E-state index < -0.39 is 0 Å². The van der Waals surface area contributed by atoms with E-state index in [9.17, 15) is 4.79 Å². The van der Waals surface area contributed by atoms with Crippen molar-refractivity contribution in [2.45, 2.75) is 25.4 Å². The van der Waals surface area contributed by atoms with E-state index in [2.05, 4.69) is 4.98 Å². The van der Waals surface area contributed by atoms with Crippen molar-refractivity contribution in [1.29, 1.82) is 0 Å². The van der Waals surface area contributed by atoms with Crippen LogP contribution < -0.4 is 5.73 Å². The van der Waals surface area contributed by atoms with E-state index >= 15 is 0 Å². The number of hydrogen-bond acceptors (Lipinski definition) is 4. The fraction of sp³-hybridized carbons (Fsp3) is 0.556. The van der Waals surface area contributed by atoms with Gasteiger partial charge in [0.05, 0.1) is 11.6 Å². The largest absolute Gasteiger partial charge is 0.333 e. The molecule has 2 unspecified atom stereocenters. The molecule has 0 spiro atoms. The Labute approximate surface area is 86.7 Å². The third kappa shape index (κ3) is 1.42. The number of hydrogen-bond donors (Lipinski definition) is 1. The number of thiazole rings is 1. The number of likely N-dealkylation sites (N-methyl/N-ethyl adjacent to an activating group) is 1. The number of carbonyl (C=O) groups excluding carboxylic acids is 1. The van der Waals surface area contributed by atoms with Crippen LogP contribution in [-0.4, -0.2) is 28.4 Å². The molecule has 2 atom stereocenters. The molecule has 0 radical (unpaired) electrons. The smallest absolute Gasteiger partial charge is 0.224 e. The maximum atomic E-state index is 11.6. The highest BCUT2D eigenvalue weighted by Crippen LogP contribution is 2.33. The van der Waals surface area contributed by atoms with Gasteiger partial charge in [-0.3, -0.25) is 9.78 Å². The first-order valence-electron chi connectivity index (χ1n) is 4.67. The molecule has 2 heterocycles. The van der Waals surface area contributed by atoms with Gasteiger partial charge in [-0.2, -0.15) is 0 Å². The summed E-state index contributed by atoms with van der Waals surface area (Å²) in [6.07, 6.45) is 2.26. The molecule has 1 aliphatic rings. The Morgan fingerprint density at radius 1 is 1.79 bits per heavy atom. The van der Waals surface area contributed by atoms with Crippen LogP contribution in [0.4, 0.5) is 0 Å². The molecule has 2 rings (SSSR count). The number of nitrogens with zero attached hydrogens (tertiary/aromatic N) is 2. The van der Waals surface area contributed by atoms with E-state index in [-0.39, 0.29) is 18.0 Å². The van der Waals surface area contributed by atoms with Crippen molar-refractivity contribution in [3.05, 3.63) is 16.6 Å². The molecule has 76 valence electrons. The lowest BCUT2D eigenvalue weighted by molar-refractivity contribution is -0.128. The third-order valence-corrected chi connectivity index (χ3v) is 3.40. The second kappa shape index (κ2) is 3.67. The normalized spacial score (nSPS) is 27.3. The molecule has 1 aromatic heterocycles. The first-order valence-corrected chi connectivity index (χ1v) is 5.55. The SMILES string of the molecule is CCN1C(=O)CC(N)C1c1cncs1. The summed E-state index contributed by atoms with van der Waals surface area (Å²) in [4.78, 5) is 18.5. The van der Waals surface area contributed by atoms with Crippen LogP contribution in [0.25, 0.3) is 0 Å². The zero-order valence-electron chi connectivity index (χ0n) is 8.01. The zero-order chi connectivity index (χ0) is 10.1. The molecule has 1 saturated heterocycles. The van der Waals surface area contributed by atoms with Crippen molar-refractivity contribution < 1.29 is 4.79 Å². The first-order chi connectivity index (χ1) is 6.74. The monoisotopic (exact) mass is 211 g/mol. The van der Waals surface area contributed by atoms with Crippen molar-refractivity contribution in [2.75, 3.05) is 6.54 Å². The highest BCUT2D eigenvalue weighted by molar-refractivity contribution is 7.09. The molecule has 1 fully saturated rings. The molecule has 1 aromatic rings. The summed E-state index contributed by atoms with van der Waals surface area (Å²) >= 11 is 1.56. The van der Waals surface area contributed by atoms with E-state index in [4.69, 9.17) is 5.73 Å². The Morgan fingerprint density at radius 3 is 3.14 bits per heavy atom. The highest BCUT2D eigenvalue weighted by atomic mass is 32.1. The summed E-state index contributed by atoms with van der Waals surface area (Å²) in [6, 6.07) is -0.0390. The van der Waals surface area contributed by atoms with Gasteiger partial charge in [-0.1, -0.05) is 0 Å². The van der Waals surface area contributed by atoms with Gasteiger partial charge in [-0.15, -0.1) is 11.3 Å². The van der Waals surface area contributed by atoms with Gasteiger partial charge in [-0.25, -0.2) is 0 Å². The topological polar surface area (TPSA) is 59.2 Å². The summed E-state index contributed by atoms with van der Waals surface area (Å²) in [5, 5.41) is 0. The highest BCUT2D eigenvalue weighted by Gasteiger charge is 2.38. The fourth-order valence-corrected chi connectivity index (χ4v) is 2.73. The first kappa shape index (κ1) is 9.61. The molecule has 0 aromatic carbocycles. The molecule has 0 bridgehead atoms. The summed E-state index contributed by atoms with van der Waals surface area (Å²) < 4.78 is 0. The van der Waals surface area contributed by atoms with Crippen LogP contribution in [0.1, 0.15) is 24.3 Å². The lowest BCUT2D eigenvalue weighted by Crippen LogP contribution is -2.32. The number of nitrogens with two attached hydrogens (primary N) is 1. The van der Waals surface area contributed by atoms with Crippen LogP contribution in [0, 0.1) is 0 Å². The Balaban J connectivity index is 2.28. The van der Waals surface area contributed by atoms with Gasteiger partial charge in [-0.05, 0) is 6.92 Å². The lowest BCUT2D eigenvalue weighted by Gasteiger charge is -2.23. The summed E-state index contributed by atoms with van der Waals surface area (Å²) in [5.74, 6) is 0.151. The minimum Gasteiger partial charge on any atom is -0.333 e. The Kier molecular flexibility index (Phi) is 2.52. The third-order valence-electron chi connectivity index (χ3n) is 2.56. The molecular weight excluding hydrogens is 198 g/mol. The molecule has 14 heavy (non-hydrogen) atoms. The summed E-state index contributed by atoms with van der Waals surface area (Å²) in [7, 11) is 0. The van der Waals surface area contributed by atoms with Crippen molar-refractivity contribution in [3.63, 3.8) is 0 Å². The molecule has 0 saturated carbocycles. The number of rotatable bonds is 2. The molecular formula is C9H13N3OS. The fourth-order valence-electron chi connectivity index (χ4n) is 1.93. The number of carbonyl (C=O) groups is 1. The van der Waals surface area contributed by atoms with Crippen molar-refractivity contribution in [2.24, 2.45) is 5.73 Å². The van der Waals surface area contributed by atoms with Crippen LogP contribution in [0.5, 0.6) is 0 Å². The average molecular weight is 211 g/mol. The second-order valence-corrected chi connectivity index (χ2v) is 4.31. The van der Waals surface area contributed by atoms with Crippen LogP contribution >= 0.6 is 11.3 Å². The Morgan fingerprint density at radius 2 is 2.57 bits per heavy atom. The summed E-state index contributed by atoms with van der Waals surface area (Å²) in [5.41, 5.74) is 7.72. The minimum atomic E-state index is -0.0806. The Bertz CT molecular complexity index is 325. The van der Waals surface area contributed by atoms with Gasteiger partial charge in [0.1, 0.15) is 0 Å². The quantitative estimate of drug-likeness (QED) is 0.785. The van der Waals surface area contributed by atoms with Crippen LogP contribution in [0.15, 0.2) is 11.7 Å². The van der Waals surface area contributed by atoms with Gasteiger partial charge < -0.3 is 10.6 Å². The van der Waals surface area contributed by atoms with Gasteiger partial charge in [0.2, 0.25) is 5.91 Å². The number of aromatic nitrogens is 1. The van der Waals surface area contributed by atoms with Crippen LogP contribution in [0.2, 0.25) is 0 Å². The molecule has 0 aliphatic carbocycles. The van der Waals surface area contributed by atoms with E-state index in [0.29, 0.717) is 6.42 Å². The van der Waals surface area contributed by atoms with Gasteiger partial charge in [0, 0.05) is 30.1 Å². The van der Waals surface area contributed by atoms with E-state index in [1.807, 2.05) is 11.8 Å². The van der Waals surface area contributed by atoms with Crippen molar-refractivity contribution in [1.82, 2.24) is 9.88 Å².